The van der Waals surface area contributed by atoms with E-state index in [4.69, 9.17) is 0 Å². The molecular formula is C20H30Cl2N2. The Hall–Kier alpha value is -1.06. The van der Waals surface area contributed by atoms with Gasteiger partial charge in [0.25, 0.3) is 0 Å². The van der Waals surface area contributed by atoms with Gasteiger partial charge >= 0.3 is 0 Å². The third kappa shape index (κ3) is 7.67. The molecule has 0 spiro atoms. The van der Waals surface area contributed by atoms with Gasteiger partial charge < -0.3 is 10.2 Å². The van der Waals surface area contributed by atoms with Crippen LogP contribution >= 0.6 is 24.8 Å². The van der Waals surface area contributed by atoms with Crippen molar-refractivity contribution in [3.05, 3.63) is 60.2 Å². The van der Waals surface area contributed by atoms with Crippen LogP contribution in [0.2, 0.25) is 0 Å². The van der Waals surface area contributed by atoms with Crippen LogP contribution in [0.4, 0.5) is 0 Å². The summed E-state index contributed by atoms with van der Waals surface area (Å²) in [7, 11) is 0. The van der Waals surface area contributed by atoms with E-state index in [1.54, 1.807) is 0 Å². The average molecular weight is 369 g/mol. The Morgan fingerprint density at radius 2 is 1.38 bits per heavy atom. The summed E-state index contributed by atoms with van der Waals surface area (Å²) < 4.78 is 0. The standard InChI is InChI=1S/C20H28N2.2ClH/c1-3-22(4-2)16-8-15-21-17-18-11-13-20(14-12-18)19-9-6-5-7-10-19;;/h5-7,9-14,21H,3-4,8,15-17H2,1-2H3;2*1H. The molecule has 0 radical (unpaired) electrons. The van der Waals surface area contributed by atoms with Gasteiger partial charge in [-0.2, -0.15) is 0 Å². The van der Waals surface area contributed by atoms with Gasteiger partial charge in [0.05, 0.1) is 0 Å². The highest BCUT2D eigenvalue weighted by Crippen LogP contribution is 2.19. The van der Waals surface area contributed by atoms with E-state index in [1.807, 2.05) is 0 Å². The van der Waals surface area contributed by atoms with Crippen LogP contribution < -0.4 is 5.32 Å². The Morgan fingerprint density at radius 1 is 0.792 bits per heavy atom. The fourth-order valence-corrected chi connectivity index (χ4v) is 2.65. The molecule has 0 unspecified atom stereocenters. The number of hydrogen-bond donors (Lipinski definition) is 1. The smallest absolute Gasteiger partial charge is 0.0205 e. The zero-order valence-electron chi connectivity index (χ0n) is 14.7. The SMILES string of the molecule is CCN(CC)CCCNCc1ccc(-c2ccccc2)cc1.Cl.Cl. The molecule has 2 aromatic rings. The van der Waals surface area contributed by atoms with E-state index in [2.05, 4.69) is 78.7 Å². The first-order valence-corrected chi connectivity index (χ1v) is 8.41. The molecule has 0 heterocycles. The van der Waals surface area contributed by atoms with E-state index in [1.165, 1.54) is 29.7 Å². The quantitative estimate of drug-likeness (QED) is 0.625. The Bertz CT molecular complexity index is 525. The monoisotopic (exact) mass is 368 g/mol. The van der Waals surface area contributed by atoms with Gasteiger partial charge in [0.15, 0.2) is 0 Å². The summed E-state index contributed by atoms with van der Waals surface area (Å²) in [5.41, 5.74) is 3.91. The maximum atomic E-state index is 3.54. The lowest BCUT2D eigenvalue weighted by molar-refractivity contribution is 0.298. The molecule has 2 nitrogen and oxygen atoms in total. The van der Waals surface area contributed by atoms with Crippen LogP contribution in [0, 0.1) is 0 Å². The first-order valence-electron chi connectivity index (χ1n) is 8.41. The molecule has 4 heteroatoms. The predicted molar refractivity (Wildman–Crippen MR) is 110 cm³/mol. The largest absolute Gasteiger partial charge is 0.313 e. The third-order valence-electron chi connectivity index (χ3n) is 4.11. The molecule has 0 fully saturated rings. The number of halogens is 2. The van der Waals surface area contributed by atoms with Crippen LogP contribution in [0.5, 0.6) is 0 Å². The van der Waals surface area contributed by atoms with Crippen molar-refractivity contribution in [3.8, 4) is 11.1 Å². The van der Waals surface area contributed by atoms with Gasteiger partial charge in [0.1, 0.15) is 0 Å². The molecule has 134 valence electrons. The lowest BCUT2D eigenvalue weighted by atomic mass is 10.0. The second-order valence-electron chi connectivity index (χ2n) is 5.62. The van der Waals surface area contributed by atoms with E-state index in [-0.39, 0.29) is 24.8 Å². The van der Waals surface area contributed by atoms with E-state index in [9.17, 15) is 0 Å². The van der Waals surface area contributed by atoms with E-state index in [0.29, 0.717) is 0 Å². The van der Waals surface area contributed by atoms with Gasteiger partial charge in [0, 0.05) is 6.54 Å². The highest BCUT2D eigenvalue weighted by atomic mass is 35.5. The summed E-state index contributed by atoms with van der Waals surface area (Å²) in [6.45, 7) is 9.97. The van der Waals surface area contributed by atoms with Crippen LogP contribution in [0.3, 0.4) is 0 Å². The van der Waals surface area contributed by atoms with Crippen molar-refractivity contribution in [1.29, 1.82) is 0 Å². The molecule has 0 aliphatic carbocycles. The fraction of sp³-hybridized carbons (Fsp3) is 0.400. The zero-order valence-corrected chi connectivity index (χ0v) is 16.3. The van der Waals surface area contributed by atoms with Crippen molar-refractivity contribution in [3.63, 3.8) is 0 Å². The van der Waals surface area contributed by atoms with Gasteiger partial charge in [-0.1, -0.05) is 68.4 Å². The molecule has 0 bridgehead atoms. The van der Waals surface area contributed by atoms with Gasteiger partial charge in [-0.25, -0.2) is 0 Å². The molecule has 0 saturated heterocycles. The highest BCUT2D eigenvalue weighted by molar-refractivity contribution is 5.85. The molecule has 0 aromatic heterocycles. The Balaban J connectivity index is 0.00000264. The molecule has 2 aromatic carbocycles. The van der Waals surface area contributed by atoms with Crippen LogP contribution in [0.1, 0.15) is 25.8 Å². The van der Waals surface area contributed by atoms with Crippen molar-refractivity contribution in [2.45, 2.75) is 26.8 Å². The Labute approximate surface area is 159 Å². The molecule has 2 rings (SSSR count). The van der Waals surface area contributed by atoms with Crippen molar-refractivity contribution < 1.29 is 0 Å². The summed E-state index contributed by atoms with van der Waals surface area (Å²) in [4.78, 5) is 2.47. The van der Waals surface area contributed by atoms with Gasteiger partial charge in [-0.3, -0.25) is 0 Å². The number of nitrogens with zero attached hydrogens (tertiary/aromatic N) is 1. The van der Waals surface area contributed by atoms with Crippen LogP contribution in [-0.4, -0.2) is 31.1 Å². The van der Waals surface area contributed by atoms with Crippen LogP contribution in [0.15, 0.2) is 54.6 Å². The summed E-state index contributed by atoms with van der Waals surface area (Å²) in [5, 5.41) is 3.54. The van der Waals surface area contributed by atoms with Gasteiger partial charge in [-0.05, 0) is 49.3 Å². The van der Waals surface area contributed by atoms with Gasteiger partial charge in [0.2, 0.25) is 0 Å². The minimum atomic E-state index is 0. The summed E-state index contributed by atoms with van der Waals surface area (Å²) in [6.07, 6.45) is 1.21. The summed E-state index contributed by atoms with van der Waals surface area (Å²) >= 11 is 0. The number of nitrogens with one attached hydrogen (secondary N) is 1. The predicted octanol–water partition coefficient (Wildman–Crippen LogP) is 5.02. The zero-order chi connectivity index (χ0) is 15.6. The average Bonchev–Trinajstić information content (AvgIpc) is 2.59. The second kappa shape index (κ2) is 13.3. The molecule has 1 N–H and O–H groups in total. The van der Waals surface area contributed by atoms with Crippen molar-refractivity contribution in [1.82, 2.24) is 10.2 Å². The first-order chi connectivity index (χ1) is 10.8. The topological polar surface area (TPSA) is 15.3 Å². The van der Waals surface area contributed by atoms with E-state index < -0.39 is 0 Å². The summed E-state index contributed by atoms with van der Waals surface area (Å²) in [5.74, 6) is 0. The van der Waals surface area contributed by atoms with Crippen molar-refractivity contribution in [2.24, 2.45) is 0 Å². The molecule has 0 aliphatic rings. The normalized spacial score (nSPS) is 10.1. The number of benzene rings is 2. The minimum Gasteiger partial charge on any atom is -0.313 e. The van der Waals surface area contributed by atoms with Crippen molar-refractivity contribution >= 4 is 24.8 Å². The minimum absolute atomic E-state index is 0. The highest BCUT2D eigenvalue weighted by Gasteiger charge is 1.99. The van der Waals surface area contributed by atoms with Gasteiger partial charge in [-0.15, -0.1) is 24.8 Å². The fourth-order valence-electron chi connectivity index (χ4n) is 2.65. The number of hydrogen-bond acceptors (Lipinski definition) is 2. The lowest BCUT2D eigenvalue weighted by Gasteiger charge is -2.17. The summed E-state index contributed by atoms with van der Waals surface area (Å²) in [6, 6.07) is 19.4. The number of rotatable bonds is 9. The van der Waals surface area contributed by atoms with Crippen LogP contribution in [-0.2, 0) is 6.54 Å². The third-order valence-corrected chi connectivity index (χ3v) is 4.11. The first kappa shape index (κ1) is 22.9. The Kier molecular flexibility index (Phi) is 12.7. The lowest BCUT2D eigenvalue weighted by Crippen LogP contribution is -2.27. The molecule has 0 saturated carbocycles. The maximum absolute atomic E-state index is 3.54. The maximum Gasteiger partial charge on any atom is 0.0205 e. The van der Waals surface area contributed by atoms with E-state index in [0.717, 1.165) is 26.2 Å². The molecule has 0 atom stereocenters. The van der Waals surface area contributed by atoms with Crippen molar-refractivity contribution in [2.75, 3.05) is 26.2 Å². The molecule has 0 aliphatic heterocycles. The van der Waals surface area contributed by atoms with E-state index >= 15 is 0 Å². The Morgan fingerprint density at radius 3 is 1.96 bits per heavy atom. The second-order valence-corrected chi connectivity index (χ2v) is 5.62. The molecule has 24 heavy (non-hydrogen) atoms. The molecular weight excluding hydrogens is 339 g/mol. The molecule has 0 amide bonds. The van der Waals surface area contributed by atoms with Crippen LogP contribution in [0.25, 0.3) is 11.1 Å².